The first-order valence-electron chi connectivity index (χ1n) is 9.94. The number of amides is 1. The minimum atomic E-state index is -5.09. The quantitative estimate of drug-likeness (QED) is 0.485. The molecule has 0 aliphatic carbocycles. The van der Waals surface area contributed by atoms with Gasteiger partial charge in [0, 0.05) is 16.0 Å². The number of rotatable bonds is 3. The summed E-state index contributed by atoms with van der Waals surface area (Å²) in [7, 11) is -3.59. The molecule has 2 aromatic carbocycles. The summed E-state index contributed by atoms with van der Waals surface area (Å²) in [6.45, 7) is 0. The standard InChI is InChI=1S/C21H15ClF6N2O3S2/c22-14-3-1-11(2-4-14)5-18(31)29-19-30(16-9-35(32,33)10-17(16)34-19)15-7-12(20(23,24)25)6-13(8-15)21(26,27)28/h1-4,6-8,16-17H,5,9-10H2/t16-,17+/m1/s1. The highest BCUT2D eigenvalue weighted by Crippen LogP contribution is 2.44. The Balaban J connectivity index is 1.77. The van der Waals surface area contributed by atoms with E-state index in [1.807, 2.05) is 0 Å². The molecule has 1 amide bonds. The van der Waals surface area contributed by atoms with Gasteiger partial charge in [0.2, 0.25) is 0 Å². The number of hydrogen-bond acceptors (Lipinski definition) is 4. The van der Waals surface area contributed by atoms with E-state index < -0.39 is 62.0 Å². The zero-order chi connectivity index (χ0) is 25.8. The van der Waals surface area contributed by atoms with E-state index in [9.17, 15) is 39.6 Å². The molecule has 188 valence electrons. The van der Waals surface area contributed by atoms with Crippen molar-refractivity contribution in [3.8, 4) is 0 Å². The number of hydrogen-bond donors (Lipinski definition) is 0. The third-order valence-corrected chi connectivity index (χ3v) is 8.87. The van der Waals surface area contributed by atoms with Crippen LogP contribution in [0.5, 0.6) is 0 Å². The normalized spacial score (nSPS) is 23.1. The van der Waals surface area contributed by atoms with Crippen LogP contribution in [0.2, 0.25) is 5.02 Å². The van der Waals surface area contributed by atoms with Crippen LogP contribution in [-0.4, -0.2) is 42.3 Å². The third-order valence-electron chi connectivity index (χ3n) is 5.41. The van der Waals surface area contributed by atoms with E-state index in [0.29, 0.717) is 22.7 Å². The molecule has 0 radical (unpaired) electrons. The van der Waals surface area contributed by atoms with Crippen molar-refractivity contribution in [1.82, 2.24) is 0 Å². The zero-order valence-electron chi connectivity index (χ0n) is 17.4. The lowest BCUT2D eigenvalue weighted by molar-refractivity contribution is -0.143. The summed E-state index contributed by atoms with van der Waals surface area (Å²) < 4.78 is 105. The Morgan fingerprint density at radius 2 is 1.57 bits per heavy atom. The molecule has 0 unspecified atom stereocenters. The van der Waals surface area contributed by atoms with E-state index in [0.717, 1.165) is 16.7 Å². The van der Waals surface area contributed by atoms with Crippen LogP contribution in [-0.2, 0) is 33.4 Å². The van der Waals surface area contributed by atoms with Crippen LogP contribution in [0.4, 0.5) is 32.0 Å². The molecule has 2 aliphatic heterocycles. The van der Waals surface area contributed by atoms with Crippen LogP contribution >= 0.6 is 23.4 Å². The molecule has 0 saturated carbocycles. The molecule has 4 rings (SSSR count). The fraction of sp³-hybridized carbons (Fsp3) is 0.333. The monoisotopic (exact) mass is 556 g/mol. The maximum absolute atomic E-state index is 13.4. The summed E-state index contributed by atoms with van der Waals surface area (Å²) in [5.41, 5.74) is -3.10. The van der Waals surface area contributed by atoms with Gasteiger partial charge in [0.15, 0.2) is 15.0 Å². The molecule has 0 spiro atoms. The average Bonchev–Trinajstić information content (AvgIpc) is 3.18. The van der Waals surface area contributed by atoms with Crippen LogP contribution in [0.15, 0.2) is 47.5 Å². The maximum Gasteiger partial charge on any atom is 0.416 e. The predicted molar refractivity (Wildman–Crippen MR) is 120 cm³/mol. The van der Waals surface area contributed by atoms with E-state index >= 15 is 0 Å². The van der Waals surface area contributed by atoms with Gasteiger partial charge in [0.1, 0.15) is 0 Å². The lowest BCUT2D eigenvalue weighted by Gasteiger charge is -2.26. The largest absolute Gasteiger partial charge is 0.416 e. The lowest BCUT2D eigenvalue weighted by atomic mass is 10.1. The van der Waals surface area contributed by atoms with Gasteiger partial charge in [-0.1, -0.05) is 35.5 Å². The maximum atomic E-state index is 13.4. The van der Waals surface area contributed by atoms with E-state index in [2.05, 4.69) is 4.99 Å². The van der Waals surface area contributed by atoms with Crippen molar-refractivity contribution in [1.29, 1.82) is 0 Å². The van der Waals surface area contributed by atoms with E-state index in [-0.39, 0.29) is 23.4 Å². The Bertz CT molecular complexity index is 1260. The number of sulfone groups is 1. The first-order chi connectivity index (χ1) is 16.1. The molecule has 5 nitrogen and oxygen atoms in total. The third kappa shape index (κ3) is 5.78. The molecule has 2 aromatic rings. The van der Waals surface area contributed by atoms with Crippen molar-refractivity contribution in [2.45, 2.75) is 30.1 Å². The second kappa shape index (κ2) is 9.00. The fourth-order valence-electron chi connectivity index (χ4n) is 3.87. The van der Waals surface area contributed by atoms with Crippen molar-refractivity contribution < 1.29 is 39.6 Å². The SMILES string of the molecule is O=C(Cc1ccc(Cl)cc1)N=C1S[C@H]2CS(=O)(=O)C[C@H]2N1c1cc(C(F)(F)F)cc(C(F)(F)F)c1. The molecule has 2 fully saturated rings. The minimum absolute atomic E-state index is 0.0158. The number of amidine groups is 1. The molecule has 0 N–H and O–H groups in total. The number of halogens is 7. The summed E-state index contributed by atoms with van der Waals surface area (Å²) in [6, 6.07) is 6.25. The van der Waals surface area contributed by atoms with Crippen LogP contribution in [0.1, 0.15) is 16.7 Å². The molecular weight excluding hydrogens is 542 g/mol. The number of thioether (sulfide) groups is 1. The van der Waals surface area contributed by atoms with Gasteiger partial charge in [-0.3, -0.25) is 4.79 Å². The predicted octanol–water partition coefficient (Wildman–Crippen LogP) is 5.22. The van der Waals surface area contributed by atoms with E-state index in [1.54, 1.807) is 24.3 Å². The summed E-state index contributed by atoms with van der Waals surface area (Å²) >= 11 is 6.65. The van der Waals surface area contributed by atoms with Crippen molar-refractivity contribution in [2.75, 3.05) is 16.4 Å². The van der Waals surface area contributed by atoms with Crippen LogP contribution in [0.3, 0.4) is 0 Å². The lowest BCUT2D eigenvalue weighted by Crippen LogP contribution is -2.38. The summed E-state index contributed by atoms with van der Waals surface area (Å²) in [6.07, 6.45) is -10.4. The Morgan fingerprint density at radius 3 is 2.11 bits per heavy atom. The number of aliphatic imine (C=N–C) groups is 1. The molecule has 2 heterocycles. The molecule has 0 aromatic heterocycles. The summed E-state index contributed by atoms with van der Waals surface area (Å²) in [4.78, 5) is 17.5. The summed E-state index contributed by atoms with van der Waals surface area (Å²) in [5, 5.41) is -0.420. The number of benzene rings is 2. The van der Waals surface area contributed by atoms with Crippen LogP contribution in [0, 0.1) is 0 Å². The summed E-state index contributed by atoms with van der Waals surface area (Å²) in [5.74, 6) is -1.54. The van der Waals surface area contributed by atoms with Gasteiger partial charge < -0.3 is 4.90 Å². The molecule has 0 bridgehead atoms. The molecule has 14 heteroatoms. The Morgan fingerprint density at radius 1 is 1.00 bits per heavy atom. The Hall–Kier alpha value is -2.25. The van der Waals surface area contributed by atoms with Gasteiger partial charge in [0.05, 0.1) is 35.1 Å². The van der Waals surface area contributed by atoms with Gasteiger partial charge in [-0.25, -0.2) is 8.42 Å². The molecule has 2 saturated heterocycles. The number of alkyl halides is 6. The molecule has 2 atom stereocenters. The minimum Gasteiger partial charge on any atom is -0.316 e. The number of carbonyl (C=O) groups excluding carboxylic acids is 1. The van der Waals surface area contributed by atoms with Gasteiger partial charge in [-0.05, 0) is 35.9 Å². The van der Waals surface area contributed by atoms with Crippen LogP contribution in [0.25, 0.3) is 0 Å². The molecule has 2 aliphatic rings. The van der Waals surface area contributed by atoms with Crippen molar-refractivity contribution in [3.05, 3.63) is 64.2 Å². The fourth-order valence-corrected chi connectivity index (χ4v) is 7.92. The van der Waals surface area contributed by atoms with Gasteiger partial charge in [-0.15, -0.1) is 0 Å². The number of nitrogens with zero attached hydrogens (tertiary/aromatic N) is 2. The van der Waals surface area contributed by atoms with Gasteiger partial charge >= 0.3 is 12.4 Å². The zero-order valence-corrected chi connectivity index (χ0v) is 19.8. The second-order valence-electron chi connectivity index (χ2n) is 8.03. The highest BCUT2D eigenvalue weighted by Gasteiger charge is 2.50. The van der Waals surface area contributed by atoms with Crippen molar-refractivity contribution >= 4 is 50.0 Å². The number of fused-ring (bicyclic) bond motifs is 1. The average molecular weight is 557 g/mol. The number of carbonyl (C=O) groups is 1. The van der Waals surface area contributed by atoms with Gasteiger partial charge in [-0.2, -0.15) is 31.3 Å². The smallest absolute Gasteiger partial charge is 0.316 e. The molecule has 35 heavy (non-hydrogen) atoms. The Kier molecular flexibility index (Phi) is 6.64. The highest BCUT2D eigenvalue weighted by atomic mass is 35.5. The van der Waals surface area contributed by atoms with Gasteiger partial charge in [0.25, 0.3) is 5.91 Å². The van der Waals surface area contributed by atoms with E-state index in [1.165, 1.54) is 0 Å². The molecular formula is C21H15ClF6N2O3S2. The van der Waals surface area contributed by atoms with Crippen LogP contribution < -0.4 is 4.90 Å². The Labute approximate surface area is 205 Å². The first kappa shape index (κ1) is 25.8. The number of anilines is 1. The highest BCUT2D eigenvalue weighted by molar-refractivity contribution is 8.16. The van der Waals surface area contributed by atoms with E-state index in [4.69, 9.17) is 11.6 Å². The van der Waals surface area contributed by atoms with Crippen molar-refractivity contribution in [2.24, 2.45) is 4.99 Å². The first-order valence-corrected chi connectivity index (χ1v) is 13.0. The second-order valence-corrected chi connectivity index (χ2v) is 11.8. The topological polar surface area (TPSA) is 66.8 Å². The van der Waals surface area contributed by atoms with Crippen molar-refractivity contribution in [3.63, 3.8) is 0 Å².